The molecule has 0 unspecified atom stereocenters. The zero-order valence-electron chi connectivity index (χ0n) is 22.3. The zero-order chi connectivity index (χ0) is 29.3. The van der Waals surface area contributed by atoms with E-state index in [2.05, 4.69) is 16.1 Å². The fourth-order valence-electron chi connectivity index (χ4n) is 5.12. The lowest BCUT2D eigenvalue weighted by molar-refractivity contribution is -0.140. The fourth-order valence-corrected chi connectivity index (χ4v) is 5.12. The summed E-state index contributed by atoms with van der Waals surface area (Å²) >= 11 is 0. The molecule has 4 aliphatic rings. The van der Waals surface area contributed by atoms with Crippen molar-refractivity contribution in [1.82, 2.24) is 21.0 Å². The molecular formula is C27H31F3N4O7. The Kier molecular flexibility index (Phi) is 8.23. The Balaban J connectivity index is 1.37. The van der Waals surface area contributed by atoms with Crippen molar-refractivity contribution >= 4 is 29.4 Å². The summed E-state index contributed by atoms with van der Waals surface area (Å²) in [7, 11) is 0. The number of benzene rings is 1. The number of carbonyl (C=O) groups is 4. The van der Waals surface area contributed by atoms with E-state index in [1.165, 1.54) is 6.08 Å². The summed E-state index contributed by atoms with van der Waals surface area (Å²) < 4.78 is 52.0. The predicted octanol–water partition coefficient (Wildman–Crippen LogP) is 1.85. The number of halogens is 3. The molecule has 222 valence electrons. The molecule has 3 aliphatic heterocycles. The maximum absolute atomic E-state index is 13.9. The number of ketones is 1. The monoisotopic (exact) mass is 580 g/mol. The van der Waals surface area contributed by atoms with Gasteiger partial charge in [0.2, 0.25) is 11.7 Å². The Bertz CT molecular complexity index is 1240. The van der Waals surface area contributed by atoms with Gasteiger partial charge < -0.3 is 20.1 Å². The number of nitrogens with zero attached hydrogens (tertiary/aromatic N) is 1. The molecule has 1 aliphatic carbocycles. The first kappa shape index (κ1) is 28.9. The minimum absolute atomic E-state index is 0.0417. The molecule has 0 aromatic heterocycles. The molecule has 1 aromatic carbocycles. The number of rotatable bonds is 9. The van der Waals surface area contributed by atoms with E-state index in [0.717, 1.165) is 29.9 Å². The molecule has 4 atom stereocenters. The van der Waals surface area contributed by atoms with Crippen molar-refractivity contribution in [1.29, 1.82) is 0 Å². The molecule has 14 heteroatoms. The molecule has 1 spiro atoms. The quantitative estimate of drug-likeness (QED) is 0.298. The van der Waals surface area contributed by atoms with Crippen molar-refractivity contribution in [3.63, 3.8) is 0 Å². The standard InChI is InChI=1S/C27H31F3N4O7/c1-2-3-19(23(35)25(37)31-15-4-5-15)32-24(36)21-11-27(13-34(21)26(38)40-16-6-7-39-12-16)10-20(33-41-27)14-8-17(28)22(30)18(29)9-14/h8-10,15-16,19,21,33H,2-7,11-13H2,1H3,(H,31,37)(H,32,36)/t16-,19-,21-,27+/m0/s1. The highest BCUT2D eigenvalue weighted by atomic mass is 19.2. The van der Waals surface area contributed by atoms with E-state index >= 15 is 0 Å². The molecule has 2 saturated heterocycles. The van der Waals surface area contributed by atoms with Crippen molar-refractivity contribution in [3.8, 4) is 0 Å². The maximum atomic E-state index is 13.9. The van der Waals surface area contributed by atoms with E-state index in [9.17, 15) is 32.3 Å². The molecule has 3 heterocycles. The average Bonchev–Trinajstić information content (AvgIpc) is 3.30. The molecule has 3 fully saturated rings. The van der Waals surface area contributed by atoms with Crippen LogP contribution in [0.3, 0.4) is 0 Å². The number of ether oxygens (including phenoxy) is 2. The molecule has 5 rings (SSSR count). The third-order valence-electron chi connectivity index (χ3n) is 7.46. The summed E-state index contributed by atoms with van der Waals surface area (Å²) in [4.78, 5) is 58.9. The zero-order valence-corrected chi connectivity index (χ0v) is 22.3. The lowest BCUT2D eigenvalue weighted by Gasteiger charge is -2.26. The van der Waals surface area contributed by atoms with Crippen LogP contribution in [0.25, 0.3) is 5.70 Å². The fraction of sp³-hybridized carbons (Fsp3) is 0.556. The summed E-state index contributed by atoms with van der Waals surface area (Å²) in [5, 5.41) is 5.25. The molecule has 0 radical (unpaired) electrons. The Morgan fingerprint density at radius 2 is 1.90 bits per heavy atom. The molecule has 41 heavy (non-hydrogen) atoms. The highest BCUT2D eigenvalue weighted by Gasteiger charge is 2.53. The second kappa shape index (κ2) is 11.7. The van der Waals surface area contributed by atoms with Crippen molar-refractivity contribution in [3.05, 3.63) is 41.2 Å². The number of amides is 3. The number of Topliss-reactive ketones (excluding diaryl/α,β-unsaturated/α-hetero) is 1. The number of likely N-dealkylation sites (tertiary alicyclic amines) is 1. The van der Waals surface area contributed by atoms with Crippen LogP contribution < -0.4 is 16.1 Å². The van der Waals surface area contributed by atoms with Crippen LogP contribution in [0, 0.1) is 17.5 Å². The van der Waals surface area contributed by atoms with Gasteiger partial charge in [-0.3, -0.25) is 29.6 Å². The summed E-state index contributed by atoms with van der Waals surface area (Å²) in [5.74, 6) is -6.66. The molecule has 3 amide bonds. The number of hydrogen-bond acceptors (Lipinski definition) is 8. The Morgan fingerprint density at radius 3 is 2.54 bits per heavy atom. The van der Waals surface area contributed by atoms with Gasteiger partial charge in [-0.25, -0.2) is 18.0 Å². The Labute approximate surface area is 233 Å². The van der Waals surface area contributed by atoms with Crippen LogP contribution in [0.2, 0.25) is 0 Å². The summed E-state index contributed by atoms with van der Waals surface area (Å²) in [6.07, 6.45) is 2.79. The second-order valence-corrected chi connectivity index (χ2v) is 10.8. The first-order valence-corrected chi connectivity index (χ1v) is 13.6. The van der Waals surface area contributed by atoms with Crippen LogP contribution in [-0.4, -0.2) is 78.2 Å². The van der Waals surface area contributed by atoms with E-state index in [1.54, 1.807) is 6.92 Å². The molecule has 1 aromatic rings. The molecule has 3 N–H and O–H groups in total. The number of carbonyl (C=O) groups excluding carboxylic acids is 4. The Hall–Kier alpha value is -3.65. The molecule has 1 saturated carbocycles. The first-order valence-electron chi connectivity index (χ1n) is 13.6. The van der Waals surface area contributed by atoms with Crippen molar-refractivity contribution < 1.29 is 46.7 Å². The van der Waals surface area contributed by atoms with E-state index < -0.39 is 64.9 Å². The number of hydrogen-bond donors (Lipinski definition) is 3. The number of hydroxylamine groups is 1. The van der Waals surface area contributed by atoms with Crippen molar-refractivity contribution in [2.24, 2.45) is 0 Å². The lowest BCUT2D eigenvalue weighted by Crippen LogP contribution is -2.53. The highest BCUT2D eigenvalue weighted by molar-refractivity contribution is 6.38. The highest BCUT2D eigenvalue weighted by Crippen LogP contribution is 2.38. The minimum atomic E-state index is -1.62. The van der Waals surface area contributed by atoms with Crippen LogP contribution >= 0.6 is 0 Å². The van der Waals surface area contributed by atoms with E-state index in [1.807, 2.05) is 0 Å². The van der Waals surface area contributed by atoms with Gasteiger partial charge in [-0.1, -0.05) is 13.3 Å². The van der Waals surface area contributed by atoms with Gasteiger partial charge in [0.25, 0.3) is 5.91 Å². The number of nitrogens with one attached hydrogen (secondary N) is 3. The smallest absolute Gasteiger partial charge is 0.410 e. The lowest BCUT2D eigenvalue weighted by atomic mass is 9.97. The van der Waals surface area contributed by atoms with E-state index in [-0.39, 0.29) is 43.3 Å². The third-order valence-corrected chi connectivity index (χ3v) is 7.46. The average molecular weight is 581 g/mol. The van der Waals surface area contributed by atoms with E-state index in [4.69, 9.17) is 14.3 Å². The van der Waals surface area contributed by atoms with Crippen LogP contribution in [0.4, 0.5) is 18.0 Å². The van der Waals surface area contributed by atoms with Crippen LogP contribution in [0.5, 0.6) is 0 Å². The minimum Gasteiger partial charge on any atom is -0.444 e. The van der Waals surface area contributed by atoms with Gasteiger partial charge in [-0.05, 0) is 37.5 Å². The van der Waals surface area contributed by atoms with Gasteiger partial charge in [-0.15, -0.1) is 0 Å². The van der Waals surface area contributed by atoms with Gasteiger partial charge in [-0.2, -0.15) is 0 Å². The topological polar surface area (TPSA) is 135 Å². The third kappa shape index (κ3) is 6.32. The predicted molar refractivity (Wildman–Crippen MR) is 135 cm³/mol. The van der Waals surface area contributed by atoms with Crippen molar-refractivity contribution in [2.75, 3.05) is 19.8 Å². The second-order valence-electron chi connectivity index (χ2n) is 10.8. The normalized spacial score (nSPS) is 26.0. The summed E-state index contributed by atoms with van der Waals surface area (Å²) in [6, 6.07) is -0.748. The van der Waals surface area contributed by atoms with E-state index in [0.29, 0.717) is 19.4 Å². The van der Waals surface area contributed by atoms with Crippen LogP contribution in [0.15, 0.2) is 18.2 Å². The van der Waals surface area contributed by atoms with Gasteiger partial charge in [0.15, 0.2) is 17.5 Å². The maximum Gasteiger partial charge on any atom is 0.410 e. The molecule has 11 nitrogen and oxygen atoms in total. The van der Waals surface area contributed by atoms with Crippen LogP contribution in [-0.2, 0) is 28.7 Å². The SMILES string of the molecule is CCC[C@H](NC(=O)[C@@H]1C[C@]2(C=C(c3cc(F)c(F)c(F)c3)NO2)CN1C(=O)O[C@H]1CCOC1)C(=O)C(=O)NC1CC1. The van der Waals surface area contributed by atoms with Gasteiger partial charge in [0, 0.05) is 24.4 Å². The van der Waals surface area contributed by atoms with Gasteiger partial charge >= 0.3 is 6.09 Å². The largest absolute Gasteiger partial charge is 0.444 e. The van der Waals surface area contributed by atoms with Crippen molar-refractivity contribution in [2.45, 2.75) is 75.3 Å². The summed E-state index contributed by atoms with van der Waals surface area (Å²) in [5.41, 5.74) is 1.30. The van der Waals surface area contributed by atoms with Crippen LogP contribution in [0.1, 0.15) is 51.0 Å². The molecular weight excluding hydrogens is 549 g/mol. The Morgan fingerprint density at radius 1 is 1.17 bits per heavy atom. The van der Waals surface area contributed by atoms with Gasteiger partial charge in [0.05, 0.1) is 31.5 Å². The summed E-state index contributed by atoms with van der Waals surface area (Å²) in [6.45, 7) is 2.23. The molecule has 0 bridgehead atoms. The van der Waals surface area contributed by atoms with Gasteiger partial charge in [0.1, 0.15) is 17.7 Å². The first-order chi connectivity index (χ1) is 19.6.